The van der Waals surface area contributed by atoms with Gasteiger partial charge in [-0.25, -0.2) is 4.98 Å². The van der Waals surface area contributed by atoms with Crippen molar-refractivity contribution < 1.29 is 0 Å². The Morgan fingerprint density at radius 1 is 1.25 bits per heavy atom. The summed E-state index contributed by atoms with van der Waals surface area (Å²) in [4.78, 5) is 4.58. The predicted octanol–water partition coefficient (Wildman–Crippen LogP) is 3.27. The summed E-state index contributed by atoms with van der Waals surface area (Å²) < 4.78 is 2.10. The van der Waals surface area contributed by atoms with Crippen molar-refractivity contribution in [1.82, 2.24) is 9.55 Å². The Hall–Kier alpha value is -1.57. The normalized spacial score (nSPS) is 10.8. The standard InChI is InChI=1S/C14H18N2/c1-5-12-8-10(2)6-7-13(12)14-15-11(3)9-16(14)4/h6-9H,5H2,1-4H3. The Bertz CT molecular complexity index is 509. The van der Waals surface area contributed by atoms with Gasteiger partial charge in [-0.15, -0.1) is 0 Å². The highest BCUT2D eigenvalue weighted by Crippen LogP contribution is 2.24. The largest absolute Gasteiger partial charge is 0.334 e. The summed E-state index contributed by atoms with van der Waals surface area (Å²) >= 11 is 0. The van der Waals surface area contributed by atoms with Gasteiger partial charge in [0.1, 0.15) is 5.82 Å². The Labute approximate surface area is 97.0 Å². The summed E-state index contributed by atoms with van der Waals surface area (Å²) in [5, 5.41) is 0. The summed E-state index contributed by atoms with van der Waals surface area (Å²) in [6.07, 6.45) is 3.11. The molecule has 0 spiro atoms. The molecule has 0 amide bonds. The van der Waals surface area contributed by atoms with Crippen LogP contribution in [0.3, 0.4) is 0 Å². The summed E-state index contributed by atoms with van der Waals surface area (Å²) in [5.74, 6) is 1.06. The van der Waals surface area contributed by atoms with Crippen molar-refractivity contribution in [3.8, 4) is 11.4 Å². The third-order valence-corrected chi connectivity index (χ3v) is 2.88. The van der Waals surface area contributed by atoms with E-state index in [0.29, 0.717) is 0 Å². The van der Waals surface area contributed by atoms with Crippen LogP contribution in [0.4, 0.5) is 0 Å². The quantitative estimate of drug-likeness (QED) is 0.750. The summed E-state index contributed by atoms with van der Waals surface area (Å²) in [6, 6.07) is 6.58. The Morgan fingerprint density at radius 3 is 2.56 bits per heavy atom. The van der Waals surface area contributed by atoms with Gasteiger partial charge < -0.3 is 4.57 Å². The summed E-state index contributed by atoms with van der Waals surface area (Å²) in [6.45, 7) is 6.35. The number of rotatable bonds is 2. The van der Waals surface area contributed by atoms with Gasteiger partial charge in [-0.05, 0) is 25.8 Å². The number of nitrogens with zero attached hydrogens (tertiary/aromatic N) is 2. The third-order valence-electron chi connectivity index (χ3n) is 2.88. The van der Waals surface area contributed by atoms with Gasteiger partial charge in [0.2, 0.25) is 0 Å². The molecule has 2 nitrogen and oxygen atoms in total. The van der Waals surface area contributed by atoms with Crippen molar-refractivity contribution in [2.75, 3.05) is 0 Å². The molecule has 0 fully saturated rings. The molecule has 0 atom stereocenters. The van der Waals surface area contributed by atoms with Gasteiger partial charge in [0.05, 0.1) is 5.69 Å². The van der Waals surface area contributed by atoms with Crippen LogP contribution in [-0.4, -0.2) is 9.55 Å². The lowest BCUT2D eigenvalue weighted by atomic mass is 10.0. The Kier molecular flexibility index (Phi) is 2.82. The fraction of sp³-hybridized carbons (Fsp3) is 0.357. The van der Waals surface area contributed by atoms with E-state index in [2.05, 4.69) is 54.8 Å². The van der Waals surface area contributed by atoms with Crippen molar-refractivity contribution >= 4 is 0 Å². The first-order chi connectivity index (χ1) is 7.61. The van der Waals surface area contributed by atoms with Crippen LogP contribution in [0, 0.1) is 13.8 Å². The Morgan fingerprint density at radius 2 is 2.00 bits per heavy atom. The molecule has 1 aromatic heterocycles. The average Bonchev–Trinajstić information content (AvgIpc) is 2.57. The second kappa shape index (κ2) is 4.12. The molecule has 1 aromatic carbocycles. The number of hydrogen-bond donors (Lipinski definition) is 0. The van der Waals surface area contributed by atoms with Crippen molar-refractivity contribution in [2.45, 2.75) is 27.2 Å². The van der Waals surface area contributed by atoms with E-state index in [-0.39, 0.29) is 0 Å². The maximum absolute atomic E-state index is 4.58. The minimum Gasteiger partial charge on any atom is -0.334 e. The number of benzene rings is 1. The van der Waals surface area contributed by atoms with Crippen molar-refractivity contribution in [2.24, 2.45) is 7.05 Å². The number of imidazole rings is 1. The highest BCUT2D eigenvalue weighted by molar-refractivity contribution is 5.62. The topological polar surface area (TPSA) is 17.8 Å². The van der Waals surface area contributed by atoms with Crippen LogP contribution in [0.25, 0.3) is 11.4 Å². The molecule has 0 saturated heterocycles. The molecule has 0 N–H and O–H groups in total. The first-order valence-electron chi connectivity index (χ1n) is 5.71. The van der Waals surface area contributed by atoms with Crippen molar-refractivity contribution in [1.29, 1.82) is 0 Å². The molecule has 1 heterocycles. The van der Waals surface area contributed by atoms with E-state index >= 15 is 0 Å². The average molecular weight is 214 g/mol. The second-order valence-electron chi connectivity index (χ2n) is 4.33. The molecule has 2 rings (SSSR count). The van der Waals surface area contributed by atoms with Crippen LogP contribution >= 0.6 is 0 Å². The molecule has 0 bridgehead atoms. The van der Waals surface area contributed by atoms with Gasteiger partial charge in [-0.3, -0.25) is 0 Å². The monoisotopic (exact) mass is 214 g/mol. The van der Waals surface area contributed by atoms with E-state index in [1.807, 2.05) is 6.92 Å². The van der Waals surface area contributed by atoms with Crippen LogP contribution < -0.4 is 0 Å². The molecule has 0 aliphatic carbocycles. The minimum atomic E-state index is 1.04. The van der Waals surface area contributed by atoms with Crippen LogP contribution in [0.15, 0.2) is 24.4 Å². The zero-order valence-corrected chi connectivity index (χ0v) is 10.4. The van der Waals surface area contributed by atoms with Crippen molar-refractivity contribution in [3.05, 3.63) is 41.2 Å². The summed E-state index contributed by atoms with van der Waals surface area (Å²) in [7, 11) is 2.05. The zero-order valence-electron chi connectivity index (χ0n) is 10.4. The fourth-order valence-electron chi connectivity index (χ4n) is 2.10. The minimum absolute atomic E-state index is 1.04. The van der Waals surface area contributed by atoms with E-state index in [4.69, 9.17) is 0 Å². The van der Waals surface area contributed by atoms with Crippen LogP contribution in [0.2, 0.25) is 0 Å². The van der Waals surface area contributed by atoms with Crippen LogP contribution in [0.1, 0.15) is 23.7 Å². The summed E-state index contributed by atoms with van der Waals surface area (Å²) in [5.41, 5.74) is 5.00. The molecule has 0 saturated carbocycles. The third kappa shape index (κ3) is 1.87. The van der Waals surface area contributed by atoms with Crippen LogP contribution in [0.5, 0.6) is 0 Å². The van der Waals surface area contributed by atoms with E-state index in [1.165, 1.54) is 16.7 Å². The maximum Gasteiger partial charge on any atom is 0.140 e. The smallest absolute Gasteiger partial charge is 0.140 e. The van der Waals surface area contributed by atoms with Gasteiger partial charge >= 0.3 is 0 Å². The van der Waals surface area contributed by atoms with E-state index in [1.54, 1.807) is 0 Å². The van der Waals surface area contributed by atoms with Gasteiger partial charge in [0.25, 0.3) is 0 Å². The Balaban J connectivity index is 2.59. The second-order valence-corrected chi connectivity index (χ2v) is 4.33. The van der Waals surface area contributed by atoms with E-state index < -0.39 is 0 Å². The maximum atomic E-state index is 4.58. The van der Waals surface area contributed by atoms with Gasteiger partial charge in [0.15, 0.2) is 0 Å². The molecule has 2 aromatic rings. The van der Waals surface area contributed by atoms with Gasteiger partial charge in [0, 0.05) is 18.8 Å². The predicted molar refractivity (Wildman–Crippen MR) is 67.5 cm³/mol. The molecule has 0 unspecified atom stereocenters. The lowest BCUT2D eigenvalue weighted by Gasteiger charge is -2.08. The highest BCUT2D eigenvalue weighted by Gasteiger charge is 2.09. The fourth-order valence-corrected chi connectivity index (χ4v) is 2.10. The molecule has 0 aliphatic rings. The number of aryl methyl sites for hydroxylation is 4. The first-order valence-corrected chi connectivity index (χ1v) is 5.71. The van der Waals surface area contributed by atoms with Gasteiger partial charge in [-0.1, -0.05) is 30.7 Å². The molecular weight excluding hydrogens is 196 g/mol. The van der Waals surface area contributed by atoms with E-state index in [9.17, 15) is 0 Å². The van der Waals surface area contributed by atoms with E-state index in [0.717, 1.165) is 17.9 Å². The highest BCUT2D eigenvalue weighted by atomic mass is 15.0. The SMILES string of the molecule is CCc1cc(C)ccc1-c1nc(C)cn1C. The molecule has 0 aliphatic heterocycles. The zero-order chi connectivity index (χ0) is 11.7. The van der Waals surface area contributed by atoms with Gasteiger partial charge in [-0.2, -0.15) is 0 Å². The van der Waals surface area contributed by atoms with Crippen LogP contribution in [-0.2, 0) is 13.5 Å². The van der Waals surface area contributed by atoms with Crippen molar-refractivity contribution in [3.63, 3.8) is 0 Å². The molecule has 16 heavy (non-hydrogen) atoms. The first kappa shape index (κ1) is 10.9. The molecular formula is C14H18N2. The lowest BCUT2D eigenvalue weighted by Crippen LogP contribution is -1.96. The molecule has 0 radical (unpaired) electrons. The number of hydrogen-bond acceptors (Lipinski definition) is 1. The lowest BCUT2D eigenvalue weighted by molar-refractivity contribution is 0.920. The number of aromatic nitrogens is 2. The molecule has 2 heteroatoms. The molecule has 84 valence electrons.